The summed E-state index contributed by atoms with van der Waals surface area (Å²) in [6.45, 7) is 0. The summed E-state index contributed by atoms with van der Waals surface area (Å²) in [4.78, 5) is 17.4. The first-order chi connectivity index (χ1) is 7.33. The summed E-state index contributed by atoms with van der Waals surface area (Å²) in [5, 5.41) is 0. The molecule has 0 spiro atoms. The number of aldehydes is 1. The Labute approximate surface area is 86.9 Å². The first-order valence-electron chi connectivity index (χ1n) is 4.48. The minimum Gasteiger partial charge on any atom is -0.497 e. The Bertz CT molecular complexity index is 460. The van der Waals surface area contributed by atoms with Crippen LogP contribution in [0.25, 0.3) is 11.4 Å². The fourth-order valence-electron chi connectivity index (χ4n) is 1.29. The summed E-state index contributed by atoms with van der Waals surface area (Å²) in [6, 6.07) is 7.45. The maximum absolute atomic E-state index is 10.5. The van der Waals surface area contributed by atoms with E-state index in [0.717, 1.165) is 17.6 Å². The highest BCUT2D eigenvalue weighted by molar-refractivity contribution is 5.73. The third kappa shape index (κ3) is 1.88. The van der Waals surface area contributed by atoms with Crippen LogP contribution in [-0.4, -0.2) is 23.4 Å². The quantitative estimate of drug-likeness (QED) is 0.773. The van der Waals surface area contributed by atoms with Crippen LogP contribution in [0.15, 0.2) is 30.5 Å². The average Bonchev–Trinajstić information content (AvgIpc) is 2.78. The number of carbonyl (C=O) groups excluding carboxylic acids is 1. The zero-order chi connectivity index (χ0) is 10.7. The molecule has 4 nitrogen and oxygen atoms in total. The van der Waals surface area contributed by atoms with E-state index in [1.165, 1.54) is 6.20 Å². The lowest BCUT2D eigenvalue weighted by Crippen LogP contribution is -1.84. The lowest BCUT2D eigenvalue weighted by atomic mass is 10.2. The molecule has 0 unspecified atom stereocenters. The van der Waals surface area contributed by atoms with Gasteiger partial charge < -0.3 is 9.72 Å². The molecule has 15 heavy (non-hydrogen) atoms. The van der Waals surface area contributed by atoms with Gasteiger partial charge in [-0.3, -0.25) is 4.79 Å². The van der Waals surface area contributed by atoms with Crippen molar-refractivity contribution < 1.29 is 9.53 Å². The summed E-state index contributed by atoms with van der Waals surface area (Å²) >= 11 is 0. The Kier molecular flexibility index (Phi) is 2.49. The van der Waals surface area contributed by atoms with E-state index in [1.807, 2.05) is 24.3 Å². The summed E-state index contributed by atoms with van der Waals surface area (Å²) in [5.41, 5.74) is 1.39. The van der Waals surface area contributed by atoms with Crippen LogP contribution in [0.1, 0.15) is 10.5 Å². The van der Waals surface area contributed by atoms with E-state index in [0.29, 0.717) is 11.5 Å². The number of imidazole rings is 1. The molecular weight excluding hydrogens is 192 g/mol. The summed E-state index contributed by atoms with van der Waals surface area (Å²) in [7, 11) is 1.62. The van der Waals surface area contributed by atoms with Crippen molar-refractivity contribution >= 4 is 6.29 Å². The molecule has 0 aliphatic carbocycles. The molecule has 0 aliphatic rings. The molecule has 0 saturated carbocycles. The van der Waals surface area contributed by atoms with Crippen LogP contribution in [0, 0.1) is 0 Å². The van der Waals surface area contributed by atoms with Gasteiger partial charge in [-0.2, -0.15) is 0 Å². The SMILES string of the molecule is COc1ccc(-c2ncc(C=O)[nH]2)cc1. The summed E-state index contributed by atoms with van der Waals surface area (Å²) in [6.07, 6.45) is 2.24. The molecule has 0 saturated heterocycles. The van der Waals surface area contributed by atoms with Crippen molar-refractivity contribution in [2.75, 3.05) is 7.11 Å². The molecule has 4 heteroatoms. The molecule has 76 valence electrons. The number of methoxy groups -OCH3 is 1. The highest BCUT2D eigenvalue weighted by atomic mass is 16.5. The lowest BCUT2D eigenvalue weighted by molar-refractivity contribution is 0.111. The predicted octanol–water partition coefficient (Wildman–Crippen LogP) is 1.90. The fourth-order valence-corrected chi connectivity index (χ4v) is 1.29. The van der Waals surface area contributed by atoms with Gasteiger partial charge in [-0.15, -0.1) is 0 Å². The van der Waals surface area contributed by atoms with E-state index in [9.17, 15) is 4.79 Å². The second-order valence-corrected chi connectivity index (χ2v) is 3.03. The molecular formula is C11H10N2O2. The number of hydrogen-bond acceptors (Lipinski definition) is 3. The minimum atomic E-state index is 0.473. The fraction of sp³-hybridized carbons (Fsp3) is 0.0909. The van der Waals surface area contributed by atoms with Crippen LogP contribution in [-0.2, 0) is 0 Å². The Morgan fingerprint density at radius 2 is 2.07 bits per heavy atom. The van der Waals surface area contributed by atoms with E-state index in [2.05, 4.69) is 9.97 Å². The number of H-pyrrole nitrogens is 1. The normalized spacial score (nSPS) is 9.93. The Hall–Kier alpha value is -2.10. The number of hydrogen-bond donors (Lipinski definition) is 1. The second-order valence-electron chi connectivity index (χ2n) is 3.03. The largest absolute Gasteiger partial charge is 0.497 e. The standard InChI is InChI=1S/C11H10N2O2/c1-15-10-4-2-8(3-5-10)11-12-6-9(7-14)13-11/h2-7H,1H3,(H,12,13). The predicted molar refractivity (Wildman–Crippen MR) is 56.0 cm³/mol. The van der Waals surface area contributed by atoms with Gasteiger partial charge in [-0.1, -0.05) is 0 Å². The van der Waals surface area contributed by atoms with Crippen molar-refractivity contribution in [1.82, 2.24) is 9.97 Å². The number of nitrogens with one attached hydrogen (secondary N) is 1. The van der Waals surface area contributed by atoms with E-state index >= 15 is 0 Å². The first-order valence-corrected chi connectivity index (χ1v) is 4.48. The molecule has 0 aliphatic heterocycles. The molecule has 0 bridgehead atoms. The minimum absolute atomic E-state index is 0.473. The van der Waals surface area contributed by atoms with Crippen molar-refractivity contribution in [2.24, 2.45) is 0 Å². The maximum Gasteiger partial charge on any atom is 0.167 e. The Balaban J connectivity index is 2.32. The second kappa shape index (κ2) is 3.96. The van der Waals surface area contributed by atoms with Crippen molar-refractivity contribution in [3.05, 3.63) is 36.2 Å². The number of carbonyl (C=O) groups is 1. The van der Waals surface area contributed by atoms with Gasteiger partial charge in [-0.05, 0) is 24.3 Å². The van der Waals surface area contributed by atoms with Gasteiger partial charge in [0.25, 0.3) is 0 Å². The number of nitrogens with zero attached hydrogens (tertiary/aromatic N) is 1. The molecule has 1 heterocycles. The van der Waals surface area contributed by atoms with Gasteiger partial charge in [0.1, 0.15) is 11.6 Å². The zero-order valence-corrected chi connectivity index (χ0v) is 8.23. The van der Waals surface area contributed by atoms with Gasteiger partial charge in [0.05, 0.1) is 19.0 Å². The van der Waals surface area contributed by atoms with Crippen molar-refractivity contribution in [2.45, 2.75) is 0 Å². The first kappa shape index (κ1) is 9.45. The number of ether oxygens (including phenoxy) is 1. The van der Waals surface area contributed by atoms with E-state index < -0.39 is 0 Å². The highest BCUT2D eigenvalue weighted by Crippen LogP contribution is 2.19. The van der Waals surface area contributed by atoms with Crippen molar-refractivity contribution in [1.29, 1.82) is 0 Å². The van der Waals surface area contributed by atoms with E-state index in [4.69, 9.17) is 4.74 Å². The third-order valence-electron chi connectivity index (χ3n) is 2.09. The number of aromatic amines is 1. The van der Waals surface area contributed by atoms with Crippen LogP contribution < -0.4 is 4.74 Å². The third-order valence-corrected chi connectivity index (χ3v) is 2.09. The monoisotopic (exact) mass is 202 g/mol. The maximum atomic E-state index is 10.5. The Morgan fingerprint density at radius 1 is 1.33 bits per heavy atom. The molecule has 1 aromatic carbocycles. The summed E-state index contributed by atoms with van der Waals surface area (Å²) in [5.74, 6) is 1.47. The van der Waals surface area contributed by atoms with Crippen molar-refractivity contribution in [3.63, 3.8) is 0 Å². The average molecular weight is 202 g/mol. The van der Waals surface area contributed by atoms with Gasteiger partial charge >= 0.3 is 0 Å². The number of benzene rings is 1. The molecule has 0 atom stereocenters. The molecule has 2 aromatic rings. The van der Waals surface area contributed by atoms with Crippen LogP contribution in [0.3, 0.4) is 0 Å². The van der Waals surface area contributed by atoms with Gasteiger partial charge in [0.2, 0.25) is 0 Å². The molecule has 2 rings (SSSR count). The lowest BCUT2D eigenvalue weighted by Gasteiger charge is -2.00. The van der Waals surface area contributed by atoms with Gasteiger partial charge in [-0.25, -0.2) is 4.98 Å². The van der Waals surface area contributed by atoms with E-state index in [1.54, 1.807) is 7.11 Å². The molecule has 0 fully saturated rings. The smallest absolute Gasteiger partial charge is 0.167 e. The van der Waals surface area contributed by atoms with E-state index in [-0.39, 0.29) is 0 Å². The zero-order valence-electron chi connectivity index (χ0n) is 8.23. The van der Waals surface area contributed by atoms with Gasteiger partial charge in [0.15, 0.2) is 6.29 Å². The molecule has 1 aromatic heterocycles. The molecule has 0 amide bonds. The van der Waals surface area contributed by atoms with Crippen LogP contribution in [0.5, 0.6) is 5.75 Å². The van der Waals surface area contributed by atoms with Crippen molar-refractivity contribution in [3.8, 4) is 17.1 Å². The highest BCUT2D eigenvalue weighted by Gasteiger charge is 2.02. The van der Waals surface area contributed by atoms with Crippen LogP contribution >= 0.6 is 0 Å². The van der Waals surface area contributed by atoms with Crippen LogP contribution in [0.4, 0.5) is 0 Å². The Morgan fingerprint density at radius 3 is 2.60 bits per heavy atom. The number of rotatable bonds is 3. The van der Waals surface area contributed by atoms with Gasteiger partial charge in [0, 0.05) is 5.56 Å². The topological polar surface area (TPSA) is 55.0 Å². The number of aromatic nitrogens is 2. The summed E-state index contributed by atoms with van der Waals surface area (Å²) < 4.78 is 5.04. The molecule has 0 radical (unpaired) electrons. The molecule has 1 N–H and O–H groups in total. The van der Waals surface area contributed by atoms with Crippen LogP contribution in [0.2, 0.25) is 0 Å².